The van der Waals surface area contributed by atoms with E-state index in [9.17, 15) is 0 Å². The molecule has 0 aliphatic heterocycles. The lowest BCUT2D eigenvalue weighted by Gasteiger charge is -2.15. The summed E-state index contributed by atoms with van der Waals surface area (Å²) in [5, 5.41) is 3.22. The van der Waals surface area contributed by atoms with Crippen LogP contribution in [0, 0.1) is 0 Å². The molecule has 0 unspecified atom stereocenters. The molecule has 0 aliphatic carbocycles. The summed E-state index contributed by atoms with van der Waals surface area (Å²) < 4.78 is 15.8. The number of aromatic nitrogens is 2. The average Bonchev–Trinajstić information content (AvgIpc) is 2.50. The summed E-state index contributed by atoms with van der Waals surface area (Å²) in [6.07, 6.45) is 1.32. The molecule has 0 radical (unpaired) electrons. The van der Waals surface area contributed by atoms with E-state index in [2.05, 4.69) is 15.3 Å². The molecule has 0 fully saturated rings. The van der Waals surface area contributed by atoms with Gasteiger partial charge in [-0.25, -0.2) is 9.97 Å². The van der Waals surface area contributed by atoms with Crippen molar-refractivity contribution in [3.05, 3.63) is 23.6 Å². The van der Waals surface area contributed by atoms with Gasteiger partial charge in [0.2, 0.25) is 5.75 Å². The first kappa shape index (κ1) is 15.0. The molecule has 3 N–H and O–H groups in total. The van der Waals surface area contributed by atoms with Gasteiger partial charge in [-0.2, -0.15) is 0 Å². The zero-order valence-electron chi connectivity index (χ0n) is 11.8. The molecule has 2 rings (SSSR count). The highest BCUT2D eigenvalue weighted by Crippen LogP contribution is 2.41. The second kappa shape index (κ2) is 6.36. The summed E-state index contributed by atoms with van der Waals surface area (Å²) in [4.78, 5) is 7.84. The normalized spacial score (nSPS) is 10.1. The molecule has 2 aromatic rings. The van der Waals surface area contributed by atoms with Crippen LogP contribution in [0.15, 0.2) is 18.5 Å². The zero-order chi connectivity index (χ0) is 15.4. The summed E-state index contributed by atoms with van der Waals surface area (Å²) in [6, 6.07) is 3.47. The van der Waals surface area contributed by atoms with E-state index in [-0.39, 0.29) is 10.8 Å². The molecule has 0 spiro atoms. The SMILES string of the molecule is COc1cc(Nc2ncnc(Cl)c2N)cc(OC)c1OC. The predicted octanol–water partition coefficient (Wildman–Crippen LogP) is 2.48. The summed E-state index contributed by atoms with van der Waals surface area (Å²) in [7, 11) is 4.61. The van der Waals surface area contributed by atoms with Crippen LogP contribution < -0.4 is 25.3 Å². The van der Waals surface area contributed by atoms with Crippen LogP contribution in [0.25, 0.3) is 0 Å². The van der Waals surface area contributed by atoms with Gasteiger partial charge in [0.1, 0.15) is 12.0 Å². The third-order valence-electron chi connectivity index (χ3n) is 2.76. The Kier molecular flexibility index (Phi) is 4.54. The van der Waals surface area contributed by atoms with Crippen LogP contribution in [0.1, 0.15) is 0 Å². The first-order valence-electron chi connectivity index (χ1n) is 5.93. The van der Waals surface area contributed by atoms with Crippen molar-refractivity contribution in [2.45, 2.75) is 0 Å². The highest BCUT2D eigenvalue weighted by Gasteiger charge is 2.14. The molecule has 0 bridgehead atoms. The van der Waals surface area contributed by atoms with Crippen molar-refractivity contribution < 1.29 is 14.2 Å². The Bertz CT molecular complexity index is 626. The summed E-state index contributed by atoms with van der Waals surface area (Å²) >= 11 is 5.86. The van der Waals surface area contributed by atoms with Gasteiger partial charge in [-0.3, -0.25) is 0 Å². The number of rotatable bonds is 5. The Morgan fingerprint density at radius 1 is 1.05 bits per heavy atom. The first-order chi connectivity index (χ1) is 10.1. The number of anilines is 3. The van der Waals surface area contributed by atoms with Crippen LogP contribution in [0.5, 0.6) is 17.2 Å². The van der Waals surface area contributed by atoms with Gasteiger partial charge in [0.15, 0.2) is 22.5 Å². The van der Waals surface area contributed by atoms with Crippen LogP contribution in [-0.4, -0.2) is 31.3 Å². The zero-order valence-corrected chi connectivity index (χ0v) is 12.6. The quantitative estimate of drug-likeness (QED) is 0.820. The fraction of sp³-hybridized carbons (Fsp3) is 0.231. The minimum Gasteiger partial charge on any atom is -0.493 e. The Morgan fingerprint density at radius 2 is 1.67 bits per heavy atom. The van der Waals surface area contributed by atoms with Gasteiger partial charge in [-0.1, -0.05) is 11.6 Å². The number of hydrogen-bond donors (Lipinski definition) is 2. The number of nitrogens with zero attached hydrogens (tertiary/aromatic N) is 2. The van der Waals surface area contributed by atoms with Crippen molar-refractivity contribution in [3.63, 3.8) is 0 Å². The lowest BCUT2D eigenvalue weighted by Crippen LogP contribution is -2.02. The lowest BCUT2D eigenvalue weighted by atomic mass is 10.2. The van der Waals surface area contributed by atoms with Gasteiger partial charge in [-0.15, -0.1) is 0 Å². The molecule has 0 saturated heterocycles. The highest BCUT2D eigenvalue weighted by molar-refractivity contribution is 6.32. The number of benzene rings is 1. The van der Waals surface area contributed by atoms with E-state index in [0.717, 1.165) is 0 Å². The second-order valence-corrected chi connectivity index (χ2v) is 4.32. The minimum absolute atomic E-state index is 0.181. The number of nitrogens with two attached hydrogens (primary N) is 1. The number of nitrogens with one attached hydrogen (secondary N) is 1. The lowest BCUT2D eigenvalue weighted by molar-refractivity contribution is 0.324. The van der Waals surface area contributed by atoms with Crippen molar-refractivity contribution in [3.8, 4) is 17.2 Å². The minimum atomic E-state index is 0.181. The van der Waals surface area contributed by atoms with E-state index < -0.39 is 0 Å². The van der Waals surface area contributed by atoms with Crippen molar-refractivity contribution in [2.75, 3.05) is 32.4 Å². The van der Waals surface area contributed by atoms with E-state index in [4.69, 9.17) is 31.5 Å². The topological polar surface area (TPSA) is 91.5 Å². The third-order valence-corrected chi connectivity index (χ3v) is 3.06. The maximum Gasteiger partial charge on any atom is 0.203 e. The maximum atomic E-state index is 5.86. The van der Waals surface area contributed by atoms with Crippen LogP contribution in [-0.2, 0) is 0 Å². The standard InChI is InChI=1S/C13H15ClN4O3/c1-19-8-4-7(5-9(20-2)11(8)21-3)18-13-10(15)12(14)16-6-17-13/h4-6H,15H2,1-3H3,(H,16,17,18). The summed E-state index contributed by atoms with van der Waals surface area (Å²) in [5.41, 5.74) is 6.74. The van der Waals surface area contributed by atoms with E-state index in [1.54, 1.807) is 12.1 Å². The molecular weight excluding hydrogens is 296 g/mol. The Hall–Kier alpha value is -2.41. The molecule has 21 heavy (non-hydrogen) atoms. The van der Waals surface area contributed by atoms with Gasteiger partial charge in [0, 0.05) is 17.8 Å². The monoisotopic (exact) mass is 310 g/mol. The second-order valence-electron chi connectivity index (χ2n) is 3.97. The molecule has 7 nitrogen and oxygen atoms in total. The maximum absolute atomic E-state index is 5.86. The number of hydrogen-bond acceptors (Lipinski definition) is 7. The molecule has 0 atom stereocenters. The van der Waals surface area contributed by atoms with Gasteiger partial charge in [0.05, 0.1) is 21.3 Å². The van der Waals surface area contributed by atoms with Gasteiger partial charge in [-0.05, 0) is 0 Å². The van der Waals surface area contributed by atoms with E-state index >= 15 is 0 Å². The molecule has 0 amide bonds. The fourth-order valence-corrected chi connectivity index (χ4v) is 1.90. The number of nitrogen functional groups attached to an aromatic ring is 1. The van der Waals surface area contributed by atoms with Crippen molar-refractivity contribution >= 4 is 28.8 Å². The molecule has 0 saturated carbocycles. The fourth-order valence-electron chi connectivity index (χ4n) is 1.76. The molecule has 1 heterocycles. The Morgan fingerprint density at radius 3 is 2.19 bits per heavy atom. The van der Waals surface area contributed by atoms with Crippen molar-refractivity contribution in [1.29, 1.82) is 0 Å². The van der Waals surface area contributed by atoms with E-state index in [1.807, 2.05) is 0 Å². The van der Waals surface area contributed by atoms with Crippen LogP contribution in [0.4, 0.5) is 17.2 Å². The van der Waals surface area contributed by atoms with Crippen molar-refractivity contribution in [1.82, 2.24) is 9.97 Å². The summed E-state index contributed by atoms with van der Waals surface area (Å²) in [5.74, 6) is 1.92. The number of methoxy groups -OCH3 is 3. The van der Waals surface area contributed by atoms with Gasteiger partial charge < -0.3 is 25.3 Å². The van der Waals surface area contributed by atoms with Crippen LogP contribution >= 0.6 is 11.6 Å². The van der Waals surface area contributed by atoms with Gasteiger partial charge in [0.25, 0.3) is 0 Å². The number of halogens is 1. The first-order valence-corrected chi connectivity index (χ1v) is 6.31. The molecule has 112 valence electrons. The van der Waals surface area contributed by atoms with E-state index in [1.165, 1.54) is 27.7 Å². The third kappa shape index (κ3) is 3.03. The number of ether oxygens (including phenoxy) is 3. The Balaban J connectivity index is 2.43. The smallest absolute Gasteiger partial charge is 0.203 e. The van der Waals surface area contributed by atoms with Crippen molar-refractivity contribution in [2.24, 2.45) is 0 Å². The molecule has 0 aliphatic rings. The van der Waals surface area contributed by atoms with E-state index in [0.29, 0.717) is 28.8 Å². The highest BCUT2D eigenvalue weighted by atomic mass is 35.5. The molecule has 8 heteroatoms. The van der Waals surface area contributed by atoms with Crippen LogP contribution in [0.3, 0.4) is 0 Å². The average molecular weight is 311 g/mol. The largest absolute Gasteiger partial charge is 0.493 e. The summed E-state index contributed by atoms with van der Waals surface area (Å²) in [6.45, 7) is 0. The molecular formula is C13H15ClN4O3. The van der Waals surface area contributed by atoms with Gasteiger partial charge >= 0.3 is 0 Å². The van der Waals surface area contributed by atoms with Crippen LogP contribution in [0.2, 0.25) is 5.15 Å². The predicted molar refractivity (Wildman–Crippen MR) is 80.8 cm³/mol. The molecule has 1 aromatic carbocycles. The Labute approximate surface area is 127 Å². The molecule has 1 aromatic heterocycles.